The van der Waals surface area contributed by atoms with E-state index in [0.717, 1.165) is 10.4 Å². The molecule has 21 heavy (non-hydrogen) atoms. The molecule has 0 atom stereocenters. The van der Waals surface area contributed by atoms with Crippen molar-refractivity contribution in [3.05, 3.63) is 36.5 Å². The minimum absolute atomic E-state index is 0.248. The second kappa shape index (κ2) is 5.53. The Labute approximate surface area is 125 Å². The molecular weight excluding hydrogens is 290 g/mol. The number of carboxylic acid groups (broad SMARTS) is 1. The van der Waals surface area contributed by atoms with Gasteiger partial charge in [0.2, 0.25) is 0 Å². The van der Waals surface area contributed by atoms with E-state index in [4.69, 9.17) is 5.11 Å². The Hall–Kier alpha value is -2.41. The Kier molecular flexibility index (Phi) is 3.57. The number of carbonyl (C=O) groups is 2. The summed E-state index contributed by atoms with van der Waals surface area (Å²) in [6.07, 6.45) is 1.71. The topological polar surface area (TPSA) is 82.5 Å². The van der Waals surface area contributed by atoms with Crippen LogP contribution < -0.4 is 5.32 Å². The molecule has 0 saturated carbocycles. The molecule has 1 fully saturated rings. The number of aliphatic carboxylic acids is 1. The molecule has 1 aromatic heterocycles. The number of aromatic nitrogens is 1. The van der Waals surface area contributed by atoms with Gasteiger partial charge in [-0.25, -0.2) is 9.78 Å². The van der Waals surface area contributed by atoms with Crippen molar-refractivity contribution in [1.29, 1.82) is 0 Å². The third-order valence-electron chi connectivity index (χ3n) is 3.30. The van der Waals surface area contributed by atoms with Gasteiger partial charge in [0.25, 0.3) is 0 Å². The maximum absolute atomic E-state index is 11.9. The molecule has 2 aromatic rings. The zero-order valence-corrected chi connectivity index (χ0v) is 11.8. The van der Waals surface area contributed by atoms with Crippen molar-refractivity contribution in [3.63, 3.8) is 0 Å². The average molecular weight is 303 g/mol. The van der Waals surface area contributed by atoms with Crippen LogP contribution in [0.2, 0.25) is 0 Å². The largest absolute Gasteiger partial charge is 0.481 e. The number of rotatable bonds is 3. The molecule has 0 bridgehead atoms. The van der Waals surface area contributed by atoms with E-state index in [1.807, 2.05) is 30.3 Å². The van der Waals surface area contributed by atoms with E-state index in [1.54, 1.807) is 6.20 Å². The second-order valence-corrected chi connectivity index (χ2v) is 5.80. The van der Waals surface area contributed by atoms with Crippen LogP contribution in [0.1, 0.15) is 0 Å². The zero-order valence-electron chi connectivity index (χ0n) is 11.0. The van der Waals surface area contributed by atoms with E-state index in [0.29, 0.717) is 5.13 Å². The van der Waals surface area contributed by atoms with E-state index < -0.39 is 11.9 Å². The Morgan fingerprint density at radius 2 is 2.00 bits per heavy atom. The number of nitrogens with zero attached hydrogens (tertiary/aromatic N) is 2. The SMILES string of the molecule is O=C(O)C1CN(C(=O)Nc2ncc(-c3ccccc3)s2)C1. The third kappa shape index (κ3) is 2.87. The van der Waals surface area contributed by atoms with Gasteiger partial charge >= 0.3 is 12.0 Å². The summed E-state index contributed by atoms with van der Waals surface area (Å²) in [4.78, 5) is 29.2. The zero-order chi connectivity index (χ0) is 14.8. The molecule has 108 valence electrons. The fraction of sp³-hybridized carbons (Fsp3) is 0.214. The van der Waals surface area contributed by atoms with Crippen LogP contribution in [0.25, 0.3) is 10.4 Å². The van der Waals surface area contributed by atoms with Crippen LogP contribution in [-0.4, -0.2) is 40.1 Å². The van der Waals surface area contributed by atoms with Crippen molar-refractivity contribution in [2.75, 3.05) is 18.4 Å². The average Bonchev–Trinajstić information content (AvgIpc) is 2.86. The number of hydrogen-bond acceptors (Lipinski definition) is 4. The number of amides is 2. The van der Waals surface area contributed by atoms with E-state index >= 15 is 0 Å². The van der Waals surface area contributed by atoms with Gasteiger partial charge in [-0.1, -0.05) is 41.7 Å². The Morgan fingerprint density at radius 3 is 2.67 bits per heavy atom. The maximum atomic E-state index is 11.9. The van der Waals surface area contributed by atoms with Crippen molar-refractivity contribution < 1.29 is 14.7 Å². The summed E-state index contributed by atoms with van der Waals surface area (Å²) in [6.45, 7) is 0.496. The number of nitrogens with one attached hydrogen (secondary N) is 1. The lowest BCUT2D eigenvalue weighted by Crippen LogP contribution is -2.54. The Morgan fingerprint density at radius 1 is 1.29 bits per heavy atom. The van der Waals surface area contributed by atoms with Crippen molar-refractivity contribution >= 4 is 28.5 Å². The second-order valence-electron chi connectivity index (χ2n) is 4.77. The van der Waals surface area contributed by atoms with Crippen molar-refractivity contribution in [2.24, 2.45) is 5.92 Å². The standard InChI is InChI=1S/C14H13N3O3S/c18-12(19)10-7-17(8-10)14(20)16-13-15-6-11(21-13)9-4-2-1-3-5-9/h1-6,10H,7-8H2,(H,18,19)(H,15,16,20). The van der Waals surface area contributed by atoms with Crippen LogP contribution in [0.15, 0.2) is 36.5 Å². The van der Waals surface area contributed by atoms with Crippen LogP contribution in [0.3, 0.4) is 0 Å². The summed E-state index contributed by atoms with van der Waals surface area (Å²) < 4.78 is 0. The molecule has 6 nitrogen and oxygen atoms in total. The lowest BCUT2D eigenvalue weighted by molar-refractivity contribution is -0.145. The predicted octanol–water partition coefficient (Wildman–Crippen LogP) is 2.36. The minimum atomic E-state index is -0.861. The van der Waals surface area contributed by atoms with Gasteiger partial charge in [0.1, 0.15) is 0 Å². The molecule has 2 amide bonds. The maximum Gasteiger partial charge on any atom is 0.323 e. The summed E-state index contributed by atoms with van der Waals surface area (Å²) in [5.74, 6) is -1.31. The van der Waals surface area contributed by atoms with Gasteiger partial charge < -0.3 is 10.0 Å². The van der Waals surface area contributed by atoms with Crippen molar-refractivity contribution in [1.82, 2.24) is 9.88 Å². The summed E-state index contributed by atoms with van der Waals surface area (Å²) in [7, 11) is 0. The monoisotopic (exact) mass is 303 g/mol. The van der Waals surface area contributed by atoms with Gasteiger partial charge in [-0.05, 0) is 5.56 Å². The van der Waals surface area contributed by atoms with E-state index in [9.17, 15) is 9.59 Å². The highest BCUT2D eigenvalue weighted by Gasteiger charge is 2.35. The number of likely N-dealkylation sites (tertiary alicyclic amines) is 1. The first-order valence-electron chi connectivity index (χ1n) is 6.43. The quantitative estimate of drug-likeness (QED) is 0.912. The number of carboxylic acids is 1. The molecule has 0 aliphatic carbocycles. The van der Waals surface area contributed by atoms with Gasteiger partial charge in [-0.15, -0.1) is 0 Å². The van der Waals surface area contributed by atoms with Crippen LogP contribution in [0.5, 0.6) is 0 Å². The molecule has 2 heterocycles. The van der Waals surface area contributed by atoms with Crippen molar-refractivity contribution in [2.45, 2.75) is 0 Å². The third-order valence-corrected chi connectivity index (χ3v) is 4.26. The number of urea groups is 1. The molecule has 0 spiro atoms. The van der Waals surface area contributed by atoms with Gasteiger partial charge in [0, 0.05) is 19.3 Å². The molecule has 1 aliphatic rings. The van der Waals surface area contributed by atoms with E-state index in [-0.39, 0.29) is 19.1 Å². The summed E-state index contributed by atoms with van der Waals surface area (Å²) >= 11 is 1.39. The molecule has 1 saturated heterocycles. The van der Waals surface area contributed by atoms with Gasteiger partial charge in [0.05, 0.1) is 10.8 Å². The fourth-order valence-corrected chi connectivity index (χ4v) is 2.85. The molecule has 0 radical (unpaired) electrons. The molecule has 3 rings (SSSR count). The molecule has 1 aromatic carbocycles. The summed E-state index contributed by atoms with van der Waals surface area (Å²) in [5.41, 5.74) is 1.05. The summed E-state index contributed by atoms with van der Waals surface area (Å²) in [6, 6.07) is 9.48. The molecule has 2 N–H and O–H groups in total. The number of thiazole rings is 1. The molecule has 0 unspecified atom stereocenters. The fourth-order valence-electron chi connectivity index (χ4n) is 2.04. The first-order chi connectivity index (χ1) is 10.1. The number of hydrogen-bond donors (Lipinski definition) is 2. The molecule has 7 heteroatoms. The number of anilines is 1. The van der Waals surface area contributed by atoms with Crippen LogP contribution in [0.4, 0.5) is 9.93 Å². The normalized spacial score (nSPS) is 14.6. The van der Waals surface area contributed by atoms with E-state index in [2.05, 4.69) is 10.3 Å². The molecule has 1 aliphatic heterocycles. The lowest BCUT2D eigenvalue weighted by atomic mass is 10.0. The van der Waals surface area contributed by atoms with Crippen LogP contribution in [-0.2, 0) is 4.79 Å². The highest BCUT2D eigenvalue weighted by molar-refractivity contribution is 7.19. The summed E-state index contributed by atoms with van der Waals surface area (Å²) in [5, 5.41) is 12.0. The van der Waals surface area contributed by atoms with Gasteiger partial charge in [0.15, 0.2) is 5.13 Å². The van der Waals surface area contributed by atoms with Gasteiger partial charge in [-0.2, -0.15) is 0 Å². The van der Waals surface area contributed by atoms with Crippen LogP contribution in [0, 0.1) is 5.92 Å². The Balaban J connectivity index is 1.61. The van der Waals surface area contributed by atoms with Gasteiger partial charge in [-0.3, -0.25) is 10.1 Å². The lowest BCUT2D eigenvalue weighted by Gasteiger charge is -2.36. The first-order valence-corrected chi connectivity index (χ1v) is 7.25. The van der Waals surface area contributed by atoms with E-state index in [1.165, 1.54) is 16.2 Å². The van der Waals surface area contributed by atoms with Crippen LogP contribution >= 0.6 is 11.3 Å². The smallest absolute Gasteiger partial charge is 0.323 e. The molecular formula is C14H13N3O3S. The first kappa shape index (κ1) is 13.6. The van der Waals surface area contributed by atoms with Crippen molar-refractivity contribution in [3.8, 4) is 10.4 Å². The number of carbonyl (C=O) groups excluding carboxylic acids is 1. The number of benzene rings is 1. The minimum Gasteiger partial charge on any atom is -0.481 e. The highest BCUT2D eigenvalue weighted by Crippen LogP contribution is 2.29. The Bertz CT molecular complexity index is 665. The highest BCUT2D eigenvalue weighted by atomic mass is 32.1. The predicted molar refractivity (Wildman–Crippen MR) is 79.3 cm³/mol.